The van der Waals surface area contributed by atoms with Crippen LogP contribution in [0.25, 0.3) is 11.2 Å². The molecule has 31 heavy (non-hydrogen) atoms. The number of halogens is 1. The van der Waals surface area contributed by atoms with E-state index in [1.807, 2.05) is 23.7 Å². The number of nitrogens with one attached hydrogen (secondary N) is 1. The number of benzene rings is 1. The number of hydrogen-bond acceptors (Lipinski definition) is 5. The molecule has 8 nitrogen and oxygen atoms in total. The average molecular weight is 445 g/mol. The van der Waals surface area contributed by atoms with Crippen molar-refractivity contribution in [3.8, 4) is 0 Å². The Labute approximate surface area is 186 Å². The summed E-state index contributed by atoms with van der Waals surface area (Å²) in [6.45, 7) is 7.98. The highest BCUT2D eigenvalue weighted by atomic mass is 35.5. The van der Waals surface area contributed by atoms with Crippen LogP contribution in [0.5, 0.6) is 0 Å². The van der Waals surface area contributed by atoms with Crippen molar-refractivity contribution in [2.45, 2.75) is 39.4 Å². The van der Waals surface area contributed by atoms with Crippen LogP contribution in [0.15, 0.2) is 33.9 Å². The van der Waals surface area contributed by atoms with Gasteiger partial charge in [0.25, 0.3) is 5.56 Å². The number of imidazole rings is 1. The van der Waals surface area contributed by atoms with Gasteiger partial charge in [-0.1, -0.05) is 37.1 Å². The fourth-order valence-electron chi connectivity index (χ4n) is 4.11. The van der Waals surface area contributed by atoms with E-state index in [4.69, 9.17) is 16.6 Å². The van der Waals surface area contributed by atoms with Crippen molar-refractivity contribution in [2.75, 3.05) is 26.2 Å². The predicted molar refractivity (Wildman–Crippen MR) is 123 cm³/mol. The number of aryl methyl sites for hydroxylation is 2. The second-order valence-corrected chi connectivity index (χ2v) is 8.64. The summed E-state index contributed by atoms with van der Waals surface area (Å²) >= 11 is 5.98. The zero-order chi connectivity index (χ0) is 22.0. The predicted octanol–water partition coefficient (Wildman–Crippen LogP) is 2.19. The molecule has 0 bridgehead atoms. The minimum Gasteiger partial charge on any atom is -0.324 e. The minimum atomic E-state index is -0.383. The SMILES string of the molecule is CCCCn1c(=O)[nH]c(=O)c2c1nc(CN1CCN(Cc3ccc(Cl)cc3)CC1)n2C. The number of rotatable bonds is 7. The van der Waals surface area contributed by atoms with Crippen LogP contribution < -0.4 is 11.2 Å². The van der Waals surface area contributed by atoms with Crippen molar-refractivity contribution in [3.05, 3.63) is 61.5 Å². The summed E-state index contributed by atoms with van der Waals surface area (Å²) in [4.78, 5) is 36.7. The average Bonchev–Trinajstić information content (AvgIpc) is 3.07. The number of H-pyrrole nitrogens is 1. The fourth-order valence-corrected chi connectivity index (χ4v) is 4.24. The molecular formula is C22H29ClN6O2. The van der Waals surface area contributed by atoms with Gasteiger partial charge in [0.05, 0.1) is 6.54 Å². The molecule has 1 aromatic carbocycles. The number of aromatic nitrogens is 4. The van der Waals surface area contributed by atoms with Gasteiger partial charge in [-0.15, -0.1) is 0 Å². The molecule has 1 saturated heterocycles. The van der Waals surface area contributed by atoms with E-state index in [0.29, 0.717) is 24.3 Å². The number of aromatic amines is 1. The summed E-state index contributed by atoms with van der Waals surface area (Å²) in [6.07, 6.45) is 1.83. The molecule has 4 rings (SSSR count). The van der Waals surface area contributed by atoms with Crippen LogP contribution >= 0.6 is 11.6 Å². The third-order valence-corrected chi connectivity index (χ3v) is 6.24. The highest BCUT2D eigenvalue weighted by Crippen LogP contribution is 2.16. The van der Waals surface area contributed by atoms with Crippen LogP contribution in [0.1, 0.15) is 31.2 Å². The maximum absolute atomic E-state index is 12.4. The first kappa shape index (κ1) is 21.8. The van der Waals surface area contributed by atoms with Crippen molar-refractivity contribution >= 4 is 22.8 Å². The Hall–Kier alpha value is -2.42. The van der Waals surface area contributed by atoms with Crippen molar-refractivity contribution in [2.24, 2.45) is 7.05 Å². The Kier molecular flexibility index (Phi) is 6.60. The van der Waals surface area contributed by atoms with E-state index in [1.54, 1.807) is 4.57 Å². The molecule has 9 heteroatoms. The first-order valence-corrected chi connectivity index (χ1v) is 11.2. The molecule has 0 saturated carbocycles. The molecular weight excluding hydrogens is 416 g/mol. The van der Waals surface area contributed by atoms with E-state index in [2.05, 4.69) is 33.8 Å². The zero-order valence-corrected chi connectivity index (χ0v) is 18.9. The lowest BCUT2D eigenvalue weighted by Gasteiger charge is -2.34. The zero-order valence-electron chi connectivity index (χ0n) is 18.1. The van der Waals surface area contributed by atoms with Crippen molar-refractivity contribution in [3.63, 3.8) is 0 Å². The van der Waals surface area contributed by atoms with Gasteiger partial charge in [0.1, 0.15) is 5.82 Å². The Morgan fingerprint density at radius 3 is 2.32 bits per heavy atom. The van der Waals surface area contributed by atoms with Gasteiger partial charge in [-0.2, -0.15) is 0 Å². The standard InChI is InChI=1S/C22H29ClN6O2/c1-3-4-9-29-20-19(21(30)25-22(29)31)26(2)18(24-20)15-28-12-10-27(11-13-28)14-16-5-7-17(23)8-6-16/h5-8H,3-4,9-15H2,1-2H3,(H,25,30,31). The Balaban J connectivity index is 1.46. The van der Waals surface area contributed by atoms with Crippen molar-refractivity contribution in [1.82, 2.24) is 28.9 Å². The van der Waals surface area contributed by atoms with Gasteiger partial charge in [-0.25, -0.2) is 9.78 Å². The lowest BCUT2D eigenvalue weighted by Crippen LogP contribution is -2.45. The number of hydrogen-bond donors (Lipinski definition) is 1. The largest absolute Gasteiger partial charge is 0.330 e. The van der Waals surface area contributed by atoms with E-state index in [-0.39, 0.29) is 11.2 Å². The smallest absolute Gasteiger partial charge is 0.324 e. The van der Waals surface area contributed by atoms with Crippen LogP contribution in [0, 0.1) is 0 Å². The third-order valence-electron chi connectivity index (χ3n) is 5.99. The summed E-state index contributed by atoms with van der Waals surface area (Å²) in [7, 11) is 1.85. The molecule has 1 aliphatic heterocycles. The molecule has 0 atom stereocenters. The fraction of sp³-hybridized carbons (Fsp3) is 0.500. The van der Waals surface area contributed by atoms with Gasteiger partial charge in [0.15, 0.2) is 11.2 Å². The van der Waals surface area contributed by atoms with Gasteiger partial charge in [-0.3, -0.25) is 24.1 Å². The molecule has 0 unspecified atom stereocenters. The molecule has 2 aromatic heterocycles. The molecule has 1 aliphatic rings. The Bertz CT molecular complexity index is 1160. The summed E-state index contributed by atoms with van der Waals surface area (Å²) in [5, 5.41) is 0.759. The van der Waals surface area contributed by atoms with Crippen LogP contribution in [-0.2, 0) is 26.7 Å². The maximum Gasteiger partial charge on any atom is 0.330 e. The maximum atomic E-state index is 12.4. The van der Waals surface area contributed by atoms with Crippen LogP contribution in [0.2, 0.25) is 5.02 Å². The molecule has 0 radical (unpaired) electrons. The molecule has 3 aromatic rings. The molecule has 0 amide bonds. The molecule has 3 heterocycles. The lowest BCUT2D eigenvalue weighted by molar-refractivity contribution is 0.119. The third kappa shape index (κ3) is 4.76. The molecule has 0 spiro atoms. The molecule has 1 fully saturated rings. The number of fused-ring (bicyclic) bond motifs is 1. The second-order valence-electron chi connectivity index (χ2n) is 8.20. The van der Waals surface area contributed by atoms with E-state index >= 15 is 0 Å². The van der Waals surface area contributed by atoms with Gasteiger partial charge in [0.2, 0.25) is 0 Å². The highest BCUT2D eigenvalue weighted by Gasteiger charge is 2.21. The summed E-state index contributed by atoms with van der Waals surface area (Å²) < 4.78 is 3.42. The molecule has 166 valence electrons. The van der Waals surface area contributed by atoms with E-state index in [9.17, 15) is 9.59 Å². The monoisotopic (exact) mass is 444 g/mol. The van der Waals surface area contributed by atoms with Gasteiger partial charge in [0, 0.05) is 51.3 Å². The van der Waals surface area contributed by atoms with Crippen LogP contribution in [0.4, 0.5) is 0 Å². The van der Waals surface area contributed by atoms with Gasteiger partial charge < -0.3 is 4.57 Å². The summed E-state index contributed by atoms with van der Waals surface area (Å²) in [5.41, 5.74) is 1.46. The topological polar surface area (TPSA) is 79.2 Å². The number of unbranched alkanes of at least 4 members (excludes halogenated alkanes) is 1. The second kappa shape index (κ2) is 9.38. The van der Waals surface area contributed by atoms with E-state index in [0.717, 1.165) is 56.4 Å². The summed E-state index contributed by atoms with van der Waals surface area (Å²) in [5.74, 6) is 0.808. The first-order chi connectivity index (χ1) is 15.0. The Morgan fingerprint density at radius 1 is 1.03 bits per heavy atom. The minimum absolute atomic E-state index is 0.373. The van der Waals surface area contributed by atoms with Gasteiger partial charge in [-0.05, 0) is 24.1 Å². The lowest BCUT2D eigenvalue weighted by atomic mass is 10.2. The quantitative estimate of drug-likeness (QED) is 0.604. The van der Waals surface area contributed by atoms with Crippen LogP contribution in [-0.4, -0.2) is 55.1 Å². The van der Waals surface area contributed by atoms with Gasteiger partial charge >= 0.3 is 5.69 Å². The molecule has 1 N–H and O–H groups in total. The Morgan fingerprint density at radius 2 is 1.68 bits per heavy atom. The van der Waals surface area contributed by atoms with Crippen molar-refractivity contribution in [1.29, 1.82) is 0 Å². The van der Waals surface area contributed by atoms with Crippen molar-refractivity contribution < 1.29 is 0 Å². The van der Waals surface area contributed by atoms with E-state index < -0.39 is 0 Å². The van der Waals surface area contributed by atoms with E-state index in [1.165, 1.54) is 5.56 Å². The van der Waals surface area contributed by atoms with Crippen LogP contribution in [0.3, 0.4) is 0 Å². The summed E-state index contributed by atoms with van der Waals surface area (Å²) in [6, 6.07) is 8.01. The normalized spacial score (nSPS) is 15.7. The first-order valence-electron chi connectivity index (χ1n) is 10.8. The number of nitrogens with zero attached hydrogens (tertiary/aromatic N) is 5. The number of piperazine rings is 1. The molecule has 0 aliphatic carbocycles. The highest BCUT2D eigenvalue weighted by molar-refractivity contribution is 6.30.